The molecule has 1 aromatic carbocycles. The molecule has 0 aromatic heterocycles. The smallest absolute Gasteiger partial charge is 0.255 e. The van der Waals surface area contributed by atoms with Crippen LogP contribution in [0.4, 0.5) is 0 Å². The summed E-state index contributed by atoms with van der Waals surface area (Å²) in [6.07, 6.45) is 8.04. The summed E-state index contributed by atoms with van der Waals surface area (Å²) in [7, 11) is 0. The normalized spacial score (nSPS) is 9.84. The Hall–Kier alpha value is -2.74. The summed E-state index contributed by atoms with van der Waals surface area (Å²) in [6.45, 7) is 0.0345. The Kier molecular flexibility index (Phi) is 5.70. The Balaban J connectivity index is 2.52. The fourth-order valence-electron chi connectivity index (χ4n) is 1.20. The SMILES string of the molecule is C#CCNC(=O)/C=C/c1ccc(OCC(N)=O)cc1. The summed E-state index contributed by atoms with van der Waals surface area (Å²) in [5.41, 5.74) is 5.78. The lowest BCUT2D eigenvalue weighted by atomic mass is 10.2. The molecule has 0 aliphatic heterocycles. The number of primary amides is 1. The molecular weight excluding hydrogens is 244 g/mol. The van der Waals surface area contributed by atoms with E-state index in [4.69, 9.17) is 16.9 Å². The number of rotatable bonds is 6. The predicted octanol–water partition coefficient (Wildman–Crippen LogP) is 0.313. The van der Waals surface area contributed by atoms with Crippen LogP contribution in [0.2, 0.25) is 0 Å². The van der Waals surface area contributed by atoms with E-state index < -0.39 is 5.91 Å². The summed E-state index contributed by atoms with van der Waals surface area (Å²) in [6, 6.07) is 6.87. The molecule has 0 saturated carbocycles. The van der Waals surface area contributed by atoms with Crippen LogP contribution >= 0.6 is 0 Å². The second-order valence-electron chi connectivity index (χ2n) is 3.58. The molecule has 19 heavy (non-hydrogen) atoms. The summed E-state index contributed by atoms with van der Waals surface area (Å²) in [4.78, 5) is 21.8. The fourth-order valence-corrected chi connectivity index (χ4v) is 1.20. The average molecular weight is 258 g/mol. The maximum absolute atomic E-state index is 11.3. The third kappa shape index (κ3) is 5.94. The predicted molar refractivity (Wildman–Crippen MR) is 72.0 cm³/mol. The van der Waals surface area contributed by atoms with Crippen molar-refractivity contribution < 1.29 is 14.3 Å². The highest BCUT2D eigenvalue weighted by Crippen LogP contribution is 2.12. The number of benzene rings is 1. The van der Waals surface area contributed by atoms with Gasteiger partial charge in [0.2, 0.25) is 5.91 Å². The van der Waals surface area contributed by atoms with Crippen molar-refractivity contribution in [1.82, 2.24) is 5.32 Å². The molecule has 0 radical (unpaired) electrons. The lowest BCUT2D eigenvalue weighted by molar-refractivity contribution is -0.120. The van der Waals surface area contributed by atoms with E-state index in [0.29, 0.717) is 5.75 Å². The van der Waals surface area contributed by atoms with Gasteiger partial charge in [0.15, 0.2) is 6.61 Å². The number of hydrogen-bond donors (Lipinski definition) is 2. The number of carbonyl (C=O) groups is 2. The van der Waals surface area contributed by atoms with Gasteiger partial charge in [-0.05, 0) is 23.8 Å². The van der Waals surface area contributed by atoms with Crippen LogP contribution in [0.3, 0.4) is 0 Å². The van der Waals surface area contributed by atoms with Gasteiger partial charge in [0.25, 0.3) is 5.91 Å². The van der Waals surface area contributed by atoms with Gasteiger partial charge in [-0.25, -0.2) is 0 Å². The van der Waals surface area contributed by atoms with Crippen LogP contribution in [0.5, 0.6) is 5.75 Å². The highest BCUT2D eigenvalue weighted by atomic mass is 16.5. The molecule has 0 unspecified atom stereocenters. The second kappa shape index (κ2) is 7.56. The molecule has 0 spiro atoms. The maximum atomic E-state index is 11.3. The van der Waals surface area contributed by atoms with Crippen LogP contribution in [0.1, 0.15) is 5.56 Å². The van der Waals surface area contributed by atoms with Crippen LogP contribution in [0.25, 0.3) is 6.08 Å². The Labute approximate surface area is 111 Å². The van der Waals surface area contributed by atoms with Crippen molar-refractivity contribution in [2.75, 3.05) is 13.2 Å². The van der Waals surface area contributed by atoms with Crippen LogP contribution in [0.15, 0.2) is 30.3 Å². The van der Waals surface area contributed by atoms with Crippen LogP contribution in [-0.4, -0.2) is 25.0 Å². The minimum absolute atomic E-state index is 0.163. The van der Waals surface area contributed by atoms with Crippen molar-refractivity contribution in [2.45, 2.75) is 0 Å². The third-order valence-corrected chi connectivity index (χ3v) is 2.05. The quantitative estimate of drug-likeness (QED) is 0.569. The molecule has 98 valence electrons. The molecule has 1 aromatic rings. The summed E-state index contributed by atoms with van der Waals surface area (Å²) >= 11 is 0. The molecule has 5 heteroatoms. The Morgan fingerprint density at radius 2 is 2.05 bits per heavy atom. The lowest BCUT2D eigenvalue weighted by Crippen LogP contribution is -2.20. The first kappa shape index (κ1) is 14.3. The van der Waals surface area contributed by atoms with Crippen LogP contribution in [-0.2, 0) is 9.59 Å². The van der Waals surface area contributed by atoms with Crippen molar-refractivity contribution in [3.8, 4) is 18.1 Å². The molecule has 5 nitrogen and oxygen atoms in total. The van der Waals surface area contributed by atoms with Gasteiger partial charge in [-0.15, -0.1) is 6.42 Å². The molecule has 0 aliphatic carbocycles. The number of carbonyl (C=O) groups excluding carboxylic acids is 2. The minimum atomic E-state index is -0.533. The zero-order chi connectivity index (χ0) is 14.1. The van der Waals surface area contributed by atoms with Crippen molar-refractivity contribution in [1.29, 1.82) is 0 Å². The third-order valence-electron chi connectivity index (χ3n) is 2.05. The number of amides is 2. The number of hydrogen-bond acceptors (Lipinski definition) is 3. The van der Waals surface area contributed by atoms with Crippen LogP contribution < -0.4 is 15.8 Å². The maximum Gasteiger partial charge on any atom is 0.255 e. The van der Waals surface area contributed by atoms with Gasteiger partial charge in [-0.2, -0.15) is 0 Å². The molecular formula is C14H14N2O3. The highest BCUT2D eigenvalue weighted by Gasteiger charge is 1.97. The first-order valence-corrected chi connectivity index (χ1v) is 5.52. The second-order valence-corrected chi connectivity index (χ2v) is 3.58. The van der Waals surface area contributed by atoms with E-state index in [1.807, 2.05) is 0 Å². The van der Waals surface area contributed by atoms with E-state index in [2.05, 4.69) is 11.2 Å². The van der Waals surface area contributed by atoms with E-state index >= 15 is 0 Å². The molecule has 3 N–H and O–H groups in total. The summed E-state index contributed by atoms with van der Waals surface area (Å²) in [5, 5.41) is 2.51. The molecule has 2 amide bonds. The van der Waals surface area contributed by atoms with Gasteiger partial charge in [0, 0.05) is 6.08 Å². The van der Waals surface area contributed by atoms with Crippen LogP contribution in [0, 0.1) is 12.3 Å². The monoisotopic (exact) mass is 258 g/mol. The topological polar surface area (TPSA) is 81.4 Å². The number of terminal acetylenes is 1. The number of ether oxygens (including phenoxy) is 1. The van der Waals surface area contributed by atoms with E-state index in [1.54, 1.807) is 30.3 Å². The standard InChI is InChI=1S/C14H14N2O3/c1-2-9-16-14(18)8-5-11-3-6-12(7-4-11)19-10-13(15)17/h1,3-8H,9-10H2,(H2,15,17)(H,16,18)/b8-5+. The largest absolute Gasteiger partial charge is 0.484 e. The van der Waals surface area contributed by atoms with Gasteiger partial charge >= 0.3 is 0 Å². The zero-order valence-corrected chi connectivity index (χ0v) is 10.3. The van der Waals surface area contributed by atoms with Crippen molar-refractivity contribution in [2.24, 2.45) is 5.73 Å². The molecule has 0 heterocycles. The van der Waals surface area contributed by atoms with Gasteiger partial charge in [0.1, 0.15) is 5.75 Å². The molecule has 0 saturated heterocycles. The van der Waals surface area contributed by atoms with Gasteiger partial charge in [-0.1, -0.05) is 18.1 Å². The molecule has 0 atom stereocenters. The van der Waals surface area contributed by atoms with Gasteiger partial charge in [-0.3, -0.25) is 9.59 Å². The zero-order valence-electron chi connectivity index (χ0n) is 10.3. The molecule has 0 fully saturated rings. The lowest BCUT2D eigenvalue weighted by Gasteiger charge is -2.03. The highest BCUT2D eigenvalue weighted by molar-refractivity contribution is 5.91. The van der Waals surface area contributed by atoms with Gasteiger partial charge in [0.05, 0.1) is 6.54 Å². The average Bonchev–Trinajstić information content (AvgIpc) is 2.41. The number of nitrogens with one attached hydrogen (secondary N) is 1. The van der Waals surface area contributed by atoms with Crippen molar-refractivity contribution >= 4 is 17.9 Å². The Morgan fingerprint density at radius 1 is 1.37 bits per heavy atom. The van der Waals surface area contributed by atoms with Crippen molar-refractivity contribution in [3.05, 3.63) is 35.9 Å². The van der Waals surface area contributed by atoms with E-state index in [-0.39, 0.29) is 19.1 Å². The first-order chi connectivity index (χ1) is 9.11. The summed E-state index contributed by atoms with van der Waals surface area (Å²) in [5.74, 6) is 2.05. The first-order valence-electron chi connectivity index (χ1n) is 5.52. The van der Waals surface area contributed by atoms with Crippen molar-refractivity contribution in [3.63, 3.8) is 0 Å². The fraction of sp³-hybridized carbons (Fsp3) is 0.143. The minimum Gasteiger partial charge on any atom is -0.484 e. The van der Waals surface area contributed by atoms with E-state index in [9.17, 15) is 9.59 Å². The van der Waals surface area contributed by atoms with E-state index in [1.165, 1.54) is 6.08 Å². The molecule has 0 aliphatic rings. The summed E-state index contributed by atoms with van der Waals surface area (Å²) < 4.78 is 5.10. The number of nitrogens with two attached hydrogens (primary N) is 1. The Bertz CT molecular complexity index is 512. The molecule has 0 bridgehead atoms. The van der Waals surface area contributed by atoms with Gasteiger partial charge < -0.3 is 15.8 Å². The Morgan fingerprint density at radius 3 is 2.63 bits per heavy atom. The van der Waals surface area contributed by atoms with E-state index in [0.717, 1.165) is 5.56 Å². The molecule has 1 rings (SSSR count).